The van der Waals surface area contributed by atoms with Crippen LogP contribution in [0.25, 0.3) is 0 Å². The Morgan fingerprint density at radius 1 is 0.235 bits per heavy atom. The van der Waals surface area contributed by atoms with E-state index in [1.807, 2.05) is 0 Å². The van der Waals surface area contributed by atoms with Crippen molar-refractivity contribution in [3.05, 3.63) is 0 Å². The molecule has 0 aromatic rings. The molecule has 0 rings (SSSR count). The normalized spacial score (nSPS) is 11.5. The Kier molecular flexibility index (Phi) is 35.8. The van der Waals surface area contributed by atoms with Gasteiger partial charge in [-0.1, -0.05) is 129 Å². The minimum absolute atomic E-state index is 1.35. The maximum absolute atomic E-state index is 2.30. The van der Waals surface area contributed by atoms with E-state index in [2.05, 4.69) is 60.9 Å². The molecule has 0 aromatic heterocycles. The summed E-state index contributed by atoms with van der Waals surface area (Å²) < 4.78 is 0. The molecule has 0 spiro atoms. The van der Waals surface area contributed by atoms with Crippen molar-refractivity contribution < 1.29 is 0 Å². The average molecular weight is 551 g/mol. The van der Waals surface area contributed by atoms with Crippen LogP contribution >= 0.6 is 47.0 Å². The molecular formula is C30H62S4. The third-order valence-electron chi connectivity index (χ3n) is 6.40. The van der Waals surface area contributed by atoms with E-state index in [0.717, 1.165) is 0 Å². The predicted octanol–water partition coefficient (Wildman–Crippen LogP) is 11.8. The van der Waals surface area contributed by atoms with Crippen molar-refractivity contribution in [1.82, 2.24) is 0 Å². The topological polar surface area (TPSA) is 0 Å². The minimum Gasteiger partial charge on any atom is -0.161 e. The van der Waals surface area contributed by atoms with Crippen LogP contribution in [0, 0.1) is 0 Å². The van der Waals surface area contributed by atoms with Crippen LogP contribution in [0.5, 0.6) is 0 Å². The Morgan fingerprint density at radius 2 is 0.441 bits per heavy atom. The van der Waals surface area contributed by atoms with E-state index in [9.17, 15) is 0 Å². The van der Waals surface area contributed by atoms with E-state index in [-0.39, 0.29) is 0 Å². The van der Waals surface area contributed by atoms with Gasteiger partial charge >= 0.3 is 0 Å². The van der Waals surface area contributed by atoms with Crippen molar-refractivity contribution in [3.8, 4) is 0 Å². The summed E-state index contributed by atoms with van der Waals surface area (Å²) in [6.07, 6.45) is 29.1. The molecule has 0 fully saturated rings. The van der Waals surface area contributed by atoms with Gasteiger partial charge in [-0.05, 0) is 24.3 Å². The lowest BCUT2D eigenvalue weighted by molar-refractivity contribution is 0.563. The molecule has 0 bridgehead atoms. The fraction of sp³-hybridized carbons (Fsp3) is 1.00. The van der Waals surface area contributed by atoms with Gasteiger partial charge in [0.05, 0.1) is 0 Å². The molecule has 0 amide bonds. The molecule has 0 saturated carbocycles. The predicted molar refractivity (Wildman–Crippen MR) is 173 cm³/mol. The minimum atomic E-state index is 1.35. The molecule has 206 valence electrons. The van der Waals surface area contributed by atoms with Crippen LogP contribution < -0.4 is 0 Å². The number of unbranched alkanes of at least 4 members (excludes halogenated alkanes) is 18. The van der Waals surface area contributed by atoms with Crippen molar-refractivity contribution in [1.29, 1.82) is 0 Å². The second kappa shape index (κ2) is 34.4. The number of hydrogen-bond acceptors (Lipinski definition) is 4. The van der Waals surface area contributed by atoms with Gasteiger partial charge in [0.2, 0.25) is 0 Å². The third kappa shape index (κ3) is 33.4. The van der Waals surface area contributed by atoms with Gasteiger partial charge in [0.1, 0.15) is 0 Å². The van der Waals surface area contributed by atoms with Crippen LogP contribution in [0.2, 0.25) is 0 Å². The first-order valence-electron chi connectivity index (χ1n) is 15.2. The summed E-state index contributed by atoms with van der Waals surface area (Å²) in [4.78, 5) is 0. The molecule has 0 nitrogen and oxygen atoms in total. The van der Waals surface area contributed by atoms with Gasteiger partial charge in [-0.3, -0.25) is 0 Å². The van der Waals surface area contributed by atoms with Crippen molar-refractivity contribution in [2.24, 2.45) is 0 Å². The highest BCUT2D eigenvalue weighted by atomic mass is 32.2. The fourth-order valence-corrected chi connectivity index (χ4v) is 8.61. The van der Waals surface area contributed by atoms with Gasteiger partial charge in [0.15, 0.2) is 0 Å². The molecule has 0 unspecified atom stereocenters. The lowest BCUT2D eigenvalue weighted by Crippen LogP contribution is -1.94. The molecule has 34 heavy (non-hydrogen) atoms. The Balaban J connectivity index is 2.99. The molecule has 0 saturated heterocycles. The fourth-order valence-electron chi connectivity index (χ4n) is 4.14. The molecule has 0 heterocycles. The second-order valence-corrected chi connectivity index (χ2v) is 14.7. The zero-order valence-electron chi connectivity index (χ0n) is 23.4. The molecule has 0 radical (unpaired) electrons. The molecule has 0 aliphatic rings. The van der Waals surface area contributed by atoms with E-state index in [1.165, 1.54) is 174 Å². The van der Waals surface area contributed by atoms with Crippen LogP contribution in [0.1, 0.15) is 142 Å². The van der Waals surface area contributed by atoms with Crippen LogP contribution in [-0.2, 0) is 0 Å². The number of rotatable bonds is 31. The third-order valence-corrected chi connectivity index (χ3v) is 11.3. The molecule has 0 aliphatic heterocycles. The van der Waals surface area contributed by atoms with E-state index in [4.69, 9.17) is 0 Å². The Bertz CT molecular complexity index is 306. The van der Waals surface area contributed by atoms with E-state index < -0.39 is 0 Å². The number of hydrogen-bond donors (Lipinski definition) is 0. The van der Waals surface area contributed by atoms with E-state index in [1.54, 1.807) is 0 Å². The Morgan fingerprint density at radius 3 is 0.706 bits per heavy atom. The van der Waals surface area contributed by atoms with Gasteiger partial charge < -0.3 is 0 Å². The van der Waals surface area contributed by atoms with Gasteiger partial charge in [-0.2, -0.15) is 47.0 Å². The summed E-state index contributed by atoms with van der Waals surface area (Å²) in [6.45, 7) is 4.61. The molecule has 0 aliphatic carbocycles. The monoisotopic (exact) mass is 550 g/mol. The zero-order chi connectivity index (χ0) is 24.6. The molecule has 0 aromatic carbocycles. The maximum Gasteiger partial charge on any atom is 0.00238 e. The van der Waals surface area contributed by atoms with E-state index >= 15 is 0 Å². The summed E-state index contributed by atoms with van der Waals surface area (Å²) in [6, 6.07) is 0. The SMILES string of the molecule is CCCCCCCCCCCCSCCSCCSCCSCCCCCCCCCCCC. The summed E-state index contributed by atoms with van der Waals surface area (Å²) in [5, 5.41) is 0. The summed E-state index contributed by atoms with van der Waals surface area (Å²) >= 11 is 8.73. The first-order chi connectivity index (χ1) is 16.9. The quantitative estimate of drug-likeness (QED) is 0.0786. The standard InChI is InChI=1S/C30H62S4/c1-3-5-7-9-11-13-15-17-19-21-23-31-25-27-33-29-30-34-28-26-32-24-22-20-18-16-14-12-10-8-6-4-2/h3-30H2,1-2H3. The van der Waals surface area contributed by atoms with Gasteiger partial charge in [0.25, 0.3) is 0 Å². The highest BCUT2D eigenvalue weighted by molar-refractivity contribution is 8.05. The highest BCUT2D eigenvalue weighted by Crippen LogP contribution is 2.16. The molecular weight excluding hydrogens is 489 g/mol. The number of thioether (sulfide) groups is 4. The largest absolute Gasteiger partial charge is 0.161 e. The molecule has 4 heteroatoms. The maximum atomic E-state index is 2.30. The lowest BCUT2D eigenvalue weighted by Gasteiger charge is -2.04. The average Bonchev–Trinajstić information content (AvgIpc) is 2.85. The van der Waals surface area contributed by atoms with Gasteiger partial charge in [-0.25, -0.2) is 0 Å². The lowest BCUT2D eigenvalue weighted by atomic mass is 10.1. The zero-order valence-corrected chi connectivity index (χ0v) is 26.7. The summed E-state index contributed by atoms with van der Waals surface area (Å²) in [5.41, 5.74) is 0. The van der Waals surface area contributed by atoms with Crippen LogP contribution in [0.15, 0.2) is 0 Å². The smallest absolute Gasteiger partial charge is 0.00238 e. The first-order valence-corrected chi connectivity index (χ1v) is 19.8. The van der Waals surface area contributed by atoms with Crippen LogP contribution in [-0.4, -0.2) is 46.0 Å². The van der Waals surface area contributed by atoms with Gasteiger partial charge in [0, 0.05) is 34.5 Å². The Hall–Kier alpha value is 1.40. The van der Waals surface area contributed by atoms with Gasteiger partial charge in [-0.15, -0.1) is 0 Å². The van der Waals surface area contributed by atoms with Crippen molar-refractivity contribution >= 4 is 47.0 Å². The van der Waals surface area contributed by atoms with Crippen LogP contribution in [0.4, 0.5) is 0 Å². The van der Waals surface area contributed by atoms with Crippen molar-refractivity contribution in [2.45, 2.75) is 142 Å². The Labute approximate surface area is 234 Å². The summed E-state index contributed by atoms with van der Waals surface area (Å²) in [5.74, 6) is 10.9. The molecule has 0 N–H and O–H groups in total. The first kappa shape index (κ1) is 35.4. The highest BCUT2D eigenvalue weighted by Gasteiger charge is 1.97. The molecule has 0 atom stereocenters. The van der Waals surface area contributed by atoms with Crippen molar-refractivity contribution in [3.63, 3.8) is 0 Å². The summed E-state index contributed by atoms with van der Waals surface area (Å²) in [7, 11) is 0. The van der Waals surface area contributed by atoms with Crippen LogP contribution in [0.3, 0.4) is 0 Å². The second-order valence-electron chi connectivity index (χ2n) is 9.81. The van der Waals surface area contributed by atoms with E-state index in [0.29, 0.717) is 0 Å². The van der Waals surface area contributed by atoms with Crippen molar-refractivity contribution in [2.75, 3.05) is 46.0 Å².